The maximum atomic E-state index is 12.7. The van der Waals surface area contributed by atoms with E-state index in [0.29, 0.717) is 31.3 Å². The lowest BCUT2D eigenvalue weighted by Crippen LogP contribution is -2.50. The molecular formula is C19H18F3N3O6S2. The van der Waals surface area contributed by atoms with Gasteiger partial charge in [-0.1, -0.05) is 18.2 Å². The third-order valence-electron chi connectivity index (χ3n) is 4.95. The summed E-state index contributed by atoms with van der Waals surface area (Å²) in [5.74, 6) is -1.86. The zero-order valence-corrected chi connectivity index (χ0v) is 18.5. The predicted molar refractivity (Wildman–Crippen MR) is 113 cm³/mol. The number of nitrogens with zero attached hydrogens (tertiary/aromatic N) is 3. The van der Waals surface area contributed by atoms with Crippen molar-refractivity contribution in [2.45, 2.75) is 15.3 Å². The average Bonchev–Trinajstić information content (AvgIpc) is 2.78. The van der Waals surface area contributed by atoms with E-state index in [4.69, 9.17) is 0 Å². The molecule has 9 nitrogen and oxygen atoms in total. The highest BCUT2D eigenvalue weighted by molar-refractivity contribution is 7.92. The molecule has 0 spiro atoms. The first-order valence-electron chi connectivity index (χ1n) is 9.48. The molecular weight excluding hydrogens is 487 g/mol. The Kier molecular flexibility index (Phi) is 7.07. The number of anilines is 1. The van der Waals surface area contributed by atoms with E-state index in [1.165, 1.54) is 4.90 Å². The first kappa shape index (κ1) is 24.6. The summed E-state index contributed by atoms with van der Waals surface area (Å²) in [6.07, 6.45) is 0. The van der Waals surface area contributed by atoms with Crippen molar-refractivity contribution in [3.05, 3.63) is 58.6 Å². The molecule has 33 heavy (non-hydrogen) atoms. The van der Waals surface area contributed by atoms with Crippen LogP contribution in [-0.4, -0.2) is 65.8 Å². The van der Waals surface area contributed by atoms with Gasteiger partial charge in [-0.2, -0.15) is 13.2 Å². The number of hydrogen-bond acceptors (Lipinski definition) is 7. The lowest BCUT2D eigenvalue weighted by atomic mass is 10.2. The van der Waals surface area contributed by atoms with Crippen LogP contribution < -0.4 is 4.90 Å². The Morgan fingerprint density at radius 3 is 2.21 bits per heavy atom. The van der Waals surface area contributed by atoms with Crippen LogP contribution in [-0.2, 0) is 25.4 Å². The summed E-state index contributed by atoms with van der Waals surface area (Å²) in [4.78, 5) is 24.2. The van der Waals surface area contributed by atoms with Crippen molar-refractivity contribution in [2.75, 3.05) is 36.8 Å². The van der Waals surface area contributed by atoms with E-state index in [9.17, 15) is 40.7 Å². The second-order valence-corrected chi connectivity index (χ2v) is 10.5. The number of halogens is 3. The molecule has 1 fully saturated rings. The summed E-state index contributed by atoms with van der Waals surface area (Å²) in [7, 11) is -8.13. The van der Waals surface area contributed by atoms with E-state index in [0.717, 1.165) is 5.69 Å². The predicted octanol–water partition coefficient (Wildman–Crippen LogP) is 2.34. The van der Waals surface area contributed by atoms with Gasteiger partial charge >= 0.3 is 5.51 Å². The molecule has 3 rings (SSSR count). The SMILES string of the molecule is O=C(CS(=O)(=O)c1ccc(S(=O)C(F)(F)F)cc1[N+](=O)[O-])N1CCN(c2ccccc2)CC1. The first-order chi connectivity index (χ1) is 15.4. The Morgan fingerprint density at radius 2 is 1.67 bits per heavy atom. The molecule has 2 aromatic rings. The molecule has 0 aromatic heterocycles. The van der Waals surface area contributed by atoms with Gasteiger partial charge in [-0.3, -0.25) is 14.9 Å². The van der Waals surface area contributed by atoms with Gasteiger partial charge in [-0.05, 0) is 24.3 Å². The Labute approximate surface area is 189 Å². The largest absolute Gasteiger partial charge is 0.475 e. The summed E-state index contributed by atoms with van der Waals surface area (Å²) in [6.45, 7) is 1.37. The number of hydrogen-bond donors (Lipinski definition) is 0. The molecule has 178 valence electrons. The van der Waals surface area contributed by atoms with Gasteiger partial charge in [0, 0.05) is 37.9 Å². The van der Waals surface area contributed by atoms with Crippen LogP contribution in [0, 0.1) is 10.1 Å². The van der Waals surface area contributed by atoms with Crippen LogP contribution in [0.25, 0.3) is 0 Å². The molecule has 1 heterocycles. The van der Waals surface area contributed by atoms with Crippen molar-refractivity contribution < 1.29 is 35.5 Å². The summed E-state index contributed by atoms with van der Waals surface area (Å²) < 4.78 is 74.9. The van der Waals surface area contributed by atoms with Crippen molar-refractivity contribution in [1.82, 2.24) is 4.90 Å². The van der Waals surface area contributed by atoms with E-state index >= 15 is 0 Å². The highest BCUT2D eigenvalue weighted by atomic mass is 32.2. The summed E-state index contributed by atoms with van der Waals surface area (Å²) in [6, 6.07) is 10.9. The second kappa shape index (κ2) is 9.47. The molecule has 1 unspecified atom stereocenters. The zero-order valence-electron chi connectivity index (χ0n) is 16.9. The van der Waals surface area contributed by atoms with Crippen LogP contribution in [0.2, 0.25) is 0 Å². The number of nitro groups is 1. The maximum absolute atomic E-state index is 12.7. The summed E-state index contributed by atoms with van der Waals surface area (Å²) in [5.41, 5.74) is -5.40. The molecule has 2 aromatic carbocycles. The van der Waals surface area contributed by atoms with Gasteiger partial charge in [0.1, 0.15) is 10.6 Å². The van der Waals surface area contributed by atoms with Gasteiger partial charge in [0.15, 0.2) is 20.6 Å². The lowest BCUT2D eigenvalue weighted by molar-refractivity contribution is -0.388. The molecule has 14 heteroatoms. The monoisotopic (exact) mass is 505 g/mol. The van der Waals surface area contributed by atoms with Crippen LogP contribution >= 0.6 is 0 Å². The average molecular weight is 505 g/mol. The fourth-order valence-corrected chi connectivity index (χ4v) is 5.40. The fraction of sp³-hybridized carbons (Fsp3) is 0.316. The molecule has 0 aliphatic carbocycles. The third kappa shape index (κ3) is 5.68. The van der Waals surface area contributed by atoms with Gasteiger partial charge in [-0.25, -0.2) is 12.6 Å². The molecule has 1 aliphatic heterocycles. The Hall–Kier alpha value is -3.00. The number of piperazine rings is 1. The van der Waals surface area contributed by atoms with Gasteiger partial charge in [0.2, 0.25) is 5.91 Å². The topological polar surface area (TPSA) is 118 Å². The Morgan fingerprint density at radius 1 is 1.06 bits per heavy atom. The quantitative estimate of drug-likeness (QED) is 0.437. The Balaban J connectivity index is 1.75. The van der Waals surface area contributed by atoms with Gasteiger partial charge in [0.25, 0.3) is 5.69 Å². The summed E-state index contributed by atoms with van der Waals surface area (Å²) in [5, 5.41) is 11.3. The number of rotatable bonds is 6. The lowest BCUT2D eigenvalue weighted by Gasteiger charge is -2.36. The number of nitro benzene ring substituents is 1. The van der Waals surface area contributed by atoms with E-state index in [2.05, 4.69) is 0 Å². The second-order valence-electron chi connectivity index (χ2n) is 7.06. The molecule has 0 radical (unpaired) electrons. The number of benzene rings is 2. The minimum Gasteiger partial charge on any atom is -0.368 e. The zero-order chi connectivity index (χ0) is 24.4. The van der Waals surface area contributed by atoms with E-state index in [1.807, 2.05) is 35.2 Å². The van der Waals surface area contributed by atoms with Crippen LogP contribution in [0.15, 0.2) is 58.3 Å². The number of carbonyl (C=O) groups excluding carboxylic acids is 1. The van der Waals surface area contributed by atoms with E-state index in [1.54, 1.807) is 0 Å². The minimum atomic E-state index is -5.17. The van der Waals surface area contributed by atoms with Crippen molar-refractivity contribution in [2.24, 2.45) is 0 Å². The van der Waals surface area contributed by atoms with Gasteiger partial charge in [-0.15, -0.1) is 0 Å². The molecule has 1 amide bonds. The summed E-state index contributed by atoms with van der Waals surface area (Å²) >= 11 is 0. The normalized spacial score (nSPS) is 15.8. The third-order valence-corrected chi connectivity index (χ3v) is 7.70. The van der Waals surface area contributed by atoms with Crippen LogP contribution in [0.4, 0.5) is 24.5 Å². The van der Waals surface area contributed by atoms with Gasteiger partial charge < -0.3 is 9.80 Å². The van der Waals surface area contributed by atoms with Crippen molar-refractivity contribution in [3.8, 4) is 0 Å². The fourth-order valence-electron chi connectivity index (χ4n) is 3.34. The number of sulfone groups is 1. The number of para-hydroxylation sites is 1. The molecule has 0 N–H and O–H groups in total. The molecule has 1 aliphatic rings. The number of alkyl halides is 3. The molecule has 0 saturated carbocycles. The van der Waals surface area contributed by atoms with E-state index in [-0.39, 0.29) is 13.1 Å². The van der Waals surface area contributed by atoms with Crippen molar-refractivity contribution in [1.29, 1.82) is 0 Å². The van der Waals surface area contributed by atoms with Crippen LogP contribution in [0.5, 0.6) is 0 Å². The van der Waals surface area contributed by atoms with Crippen molar-refractivity contribution >= 4 is 37.9 Å². The molecule has 1 atom stereocenters. The van der Waals surface area contributed by atoms with Crippen molar-refractivity contribution in [3.63, 3.8) is 0 Å². The molecule has 1 saturated heterocycles. The van der Waals surface area contributed by atoms with Gasteiger partial charge in [0.05, 0.1) is 9.82 Å². The van der Waals surface area contributed by atoms with E-state index < -0.39 is 58.2 Å². The standard InChI is InChI=1S/C19H18F3N3O6S2/c20-19(21,22)32(29)15-6-7-17(16(12-15)25(27)28)33(30,31)13-18(26)24-10-8-23(9-11-24)14-4-2-1-3-5-14/h1-7,12H,8-11,13H2. The highest BCUT2D eigenvalue weighted by Crippen LogP contribution is 2.32. The van der Waals surface area contributed by atoms with Crippen LogP contribution in [0.1, 0.15) is 0 Å². The number of carbonyl (C=O) groups is 1. The molecule has 0 bridgehead atoms. The smallest absolute Gasteiger partial charge is 0.368 e. The van der Waals surface area contributed by atoms with Crippen LogP contribution in [0.3, 0.4) is 0 Å². The Bertz CT molecular complexity index is 1180. The first-order valence-corrected chi connectivity index (χ1v) is 12.3. The highest BCUT2D eigenvalue weighted by Gasteiger charge is 2.40. The number of amides is 1. The maximum Gasteiger partial charge on any atom is 0.475 e. The minimum absolute atomic E-state index is 0.231.